The molecular formula is C26H22N2. The molecule has 0 N–H and O–H groups in total. The average Bonchev–Trinajstić information content (AvgIpc) is 2.74. The summed E-state index contributed by atoms with van der Waals surface area (Å²) in [6.45, 7) is 4.20. The third kappa shape index (κ3) is 4.24. The number of nitrogens with zero attached hydrogens (tertiary/aromatic N) is 2. The predicted molar refractivity (Wildman–Crippen MR) is 117 cm³/mol. The van der Waals surface area contributed by atoms with Crippen LogP contribution in [0.4, 0.5) is 11.4 Å². The number of hydrogen-bond donors (Lipinski definition) is 0. The van der Waals surface area contributed by atoms with E-state index in [0.717, 1.165) is 11.4 Å². The molecule has 0 spiro atoms. The summed E-state index contributed by atoms with van der Waals surface area (Å²) in [7, 11) is 0. The van der Waals surface area contributed by atoms with Gasteiger partial charge in [0.15, 0.2) is 0 Å². The monoisotopic (exact) mass is 362 g/mol. The first kappa shape index (κ1) is 17.9. The Morgan fingerprint density at radius 1 is 0.357 bits per heavy atom. The molecule has 0 saturated carbocycles. The van der Waals surface area contributed by atoms with Crippen LogP contribution in [-0.2, 0) is 0 Å². The van der Waals surface area contributed by atoms with Gasteiger partial charge in [0.25, 0.3) is 0 Å². The Bertz CT molecular complexity index is 982. The van der Waals surface area contributed by atoms with E-state index in [1.807, 2.05) is 24.3 Å². The zero-order valence-electron chi connectivity index (χ0n) is 16.1. The fraction of sp³-hybridized carbons (Fsp3) is 0.0769. The van der Waals surface area contributed by atoms with Gasteiger partial charge in [-0.3, -0.25) is 0 Å². The van der Waals surface area contributed by atoms with Gasteiger partial charge in [-0.1, -0.05) is 83.9 Å². The molecular weight excluding hydrogens is 340 g/mol. The number of hydrogen-bond acceptors (Lipinski definition) is 2. The Kier molecular flexibility index (Phi) is 5.11. The molecule has 4 aromatic rings. The van der Waals surface area contributed by atoms with Gasteiger partial charge in [-0.2, -0.15) is 10.2 Å². The molecule has 0 heterocycles. The molecule has 136 valence electrons. The van der Waals surface area contributed by atoms with Crippen molar-refractivity contribution in [3.05, 3.63) is 108 Å². The minimum atomic E-state index is 0.846. The minimum Gasteiger partial charge on any atom is -0.151 e. The van der Waals surface area contributed by atoms with E-state index >= 15 is 0 Å². The lowest BCUT2D eigenvalue weighted by molar-refractivity contribution is 1.23. The van der Waals surface area contributed by atoms with Gasteiger partial charge in [-0.25, -0.2) is 0 Å². The first-order valence-corrected chi connectivity index (χ1v) is 9.43. The molecule has 0 aliphatic carbocycles. The van der Waals surface area contributed by atoms with Crippen molar-refractivity contribution in [1.29, 1.82) is 0 Å². The van der Waals surface area contributed by atoms with Crippen molar-refractivity contribution in [2.45, 2.75) is 13.8 Å². The van der Waals surface area contributed by atoms with E-state index in [4.69, 9.17) is 0 Å². The standard InChI is InChI=1S/C26H22N2/c1-19-3-7-21(8-4-19)23-11-15-25(16-12-23)27-28-26-17-13-24(14-18-26)22-9-5-20(2)6-10-22/h3-18H,1-2H3. The van der Waals surface area contributed by atoms with E-state index < -0.39 is 0 Å². The maximum Gasteiger partial charge on any atom is 0.0857 e. The average molecular weight is 362 g/mol. The molecule has 0 unspecified atom stereocenters. The van der Waals surface area contributed by atoms with E-state index in [9.17, 15) is 0 Å². The summed E-state index contributed by atoms with van der Waals surface area (Å²) in [6, 6.07) is 33.4. The first-order valence-electron chi connectivity index (χ1n) is 9.43. The lowest BCUT2D eigenvalue weighted by Crippen LogP contribution is -1.78. The van der Waals surface area contributed by atoms with E-state index in [2.05, 4.69) is 96.9 Å². The minimum absolute atomic E-state index is 0.846. The molecule has 4 rings (SSSR count). The summed E-state index contributed by atoms with van der Waals surface area (Å²) >= 11 is 0. The lowest BCUT2D eigenvalue weighted by atomic mass is 10.0. The van der Waals surface area contributed by atoms with Crippen LogP contribution in [0.3, 0.4) is 0 Å². The highest BCUT2D eigenvalue weighted by molar-refractivity contribution is 5.66. The molecule has 0 bridgehead atoms. The van der Waals surface area contributed by atoms with Gasteiger partial charge in [0.2, 0.25) is 0 Å². The van der Waals surface area contributed by atoms with Crippen molar-refractivity contribution in [3.8, 4) is 22.3 Å². The van der Waals surface area contributed by atoms with Crippen LogP contribution >= 0.6 is 0 Å². The Labute approximate surface area is 166 Å². The molecule has 4 aromatic carbocycles. The summed E-state index contributed by atoms with van der Waals surface area (Å²) in [5, 5.41) is 8.73. The fourth-order valence-electron chi connectivity index (χ4n) is 3.05. The predicted octanol–water partition coefficient (Wildman–Crippen LogP) is 8.05. The SMILES string of the molecule is Cc1ccc(-c2ccc(N=Nc3ccc(-c4ccc(C)cc4)cc3)cc2)cc1. The Balaban J connectivity index is 1.46. The van der Waals surface area contributed by atoms with E-state index in [1.165, 1.54) is 33.4 Å². The highest BCUT2D eigenvalue weighted by Crippen LogP contribution is 2.26. The highest BCUT2D eigenvalue weighted by Gasteiger charge is 1.99. The van der Waals surface area contributed by atoms with Gasteiger partial charge < -0.3 is 0 Å². The van der Waals surface area contributed by atoms with E-state index in [0.29, 0.717) is 0 Å². The van der Waals surface area contributed by atoms with Crippen molar-refractivity contribution in [2.24, 2.45) is 10.2 Å². The molecule has 0 aliphatic rings. The van der Waals surface area contributed by atoms with Crippen molar-refractivity contribution in [3.63, 3.8) is 0 Å². The molecule has 0 fully saturated rings. The maximum atomic E-state index is 4.36. The molecule has 0 saturated heterocycles. The van der Waals surface area contributed by atoms with Crippen LogP contribution < -0.4 is 0 Å². The second-order valence-corrected chi connectivity index (χ2v) is 7.03. The second-order valence-electron chi connectivity index (χ2n) is 7.03. The molecule has 0 aromatic heterocycles. The maximum absolute atomic E-state index is 4.36. The number of aryl methyl sites for hydroxylation is 2. The third-order valence-corrected chi connectivity index (χ3v) is 4.79. The number of azo groups is 1. The lowest BCUT2D eigenvalue weighted by Gasteiger charge is -2.03. The molecule has 2 heteroatoms. The highest BCUT2D eigenvalue weighted by atomic mass is 15.1. The zero-order chi connectivity index (χ0) is 19.3. The summed E-state index contributed by atoms with van der Waals surface area (Å²) < 4.78 is 0. The third-order valence-electron chi connectivity index (χ3n) is 4.79. The van der Waals surface area contributed by atoms with Crippen LogP contribution in [0.25, 0.3) is 22.3 Å². The van der Waals surface area contributed by atoms with Gasteiger partial charge >= 0.3 is 0 Å². The van der Waals surface area contributed by atoms with Crippen LogP contribution in [0, 0.1) is 13.8 Å². The van der Waals surface area contributed by atoms with Crippen LogP contribution in [0.15, 0.2) is 107 Å². The van der Waals surface area contributed by atoms with Crippen LogP contribution in [0.2, 0.25) is 0 Å². The molecule has 0 amide bonds. The van der Waals surface area contributed by atoms with Gasteiger partial charge in [0, 0.05) is 0 Å². The number of benzene rings is 4. The van der Waals surface area contributed by atoms with Crippen molar-refractivity contribution in [1.82, 2.24) is 0 Å². The van der Waals surface area contributed by atoms with E-state index in [-0.39, 0.29) is 0 Å². The van der Waals surface area contributed by atoms with E-state index in [1.54, 1.807) is 0 Å². The van der Waals surface area contributed by atoms with Crippen molar-refractivity contribution >= 4 is 11.4 Å². The van der Waals surface area contributed by atoms with Crippen LogP contribution in [0.1, 0.15) is 11.1 Å². The quantitative estimate of drug-likeness (QED) is 0.328. The molecule has 28 heavy (non-hydrogen) atoms. The van der Waals surface area contributed by atoms with Gasteiger partial charge in [-0.05, 0) is 60.4 Å². The smallest absolute Gasteiger partial charge is 0.0857 e. The zero-order valence-corrected chi connectivity index (χ0v) is 16.1. The second kappa shape index (κ2) is 8.01. The Morgan fingerprint density at radius 3 is 0.893 bits per heavy atom. The summed E-state index contributed by atoms with van der Waals surface area (Å²) in [6.07, 6.45) is 0. The fourth-order valence-corrected chi connectivity index (χ4v) is 3.05. The van der Waals surface area contributed by atoms with Gasteiger partial charge in [0.05, 0.1) is 11.4 Å². The van der Waals surface area contributed by atoms with Crippen molar-refractivity contribution in [2.75, 3.05) is 0 Å². The summed E-state index contributed by atoms with van der Waals surface area (Å²) in [5.41, 5.74) is 9.01. The Morgan fingerprint density at radius 2 is 0.607 bits per heavy atom. The largest absolute Gasteiger partial charge is 0.151 e. The van der Waals surface area contributed by atoms with Crippen LogP contribution in [0.5, 0.6) is 0 Å². The van der Waals surface area contributed by atoms with Crippen molar-refractivity contribution < 1.29 is 0 Å². The Hall–Kier alpha value is -3.52. The normalized spacial score (nSPS) is 11.1. The molecule has 0 radical (unpaired) electrons. The first-order chi connectivity index (χ1) is 13.7. The number of rotatable bonds is 4. The van der Waals surface area contributed by atoms with Crippen LogP contribution in [-0.4, -0.2) is 0 Å². The summed E-state index contributed by atoms with van der Waals surface area (Å²) in [5.74, 6) is 0. The van der Waals surface area contributed by atoms with Gasteiger partial charge in [0.1, 0.15) is 0 Å². The molecule has 0 aliphatic heterocycles. The topological polar surface area (TPSA) is 24.7 Å². The summed E-state index contributed by atoms with van der Waals surface area (Å²) in [4.78, 5) is 0. The molecule has 0 atom stereocenters. The molecule has 2 nitrogen and oxygen atoms in total. The van der Waals surface area contributed by atoms with Gasteiger partial charge in [-0.15, -0.1) is 0 Å².